The molecule has 1 aliphatic carbocycles. The van der Waals surface area contributed by atoms with Gasteiger partial charge in [0.2, 0.25) is 10.0 Å². The van der Waals surface area contributed by atoms with Crippen LogP contribution in [0.15, 0.2) is 47.4 Å². The Balaban J connectivity index is 1.59. The second-order valence-electron chi connectivity index (χ2n) is 8.17. The number of rotatable bonds is 8. The van der Waals surface area contributed by atoms with Gasteiger partial charge in [-0.1, -0.05) is 38.1 Å². The molecule has 1 amide bonds. The lowest BCUT2D eigenvalue weighted by Crippen LogP contribution is -2.34. The maximum absolute atomic E-state index is 12.4. The van der Waals surface area contributed by atoms with Crippen LogP contribution in [-0.2, 0) is 21.2 Å². The van der Waals surface area contributed by atoms with Gasteiger partial charge in [0.05, 0.1) is 10.9 Å². The van der Waals surface area contributed by atoms with Gasteiger partial charge in [-0.05, 0) is 67.0 Å². The second kappa shape index (κ2) is 9.62. The van der Waals surface area contributed by atoms with Crippen molar-refractivity contribution in [3.05, 3.63) is 59.2 Å². The molecule has 0 bridgehead atoms. The molecule has 0 unspecified atom stereocenters. The van der Waals surface area contributed by atoms with Gasteiger partial charge in [0, 0.05) is 6.54 Å². The molecule has 1 aliphatic rings. The number of fused-ring (bicyclic) bond motifs is 1. The normalized spacial score (nSPS) is 16.2. The number of hydrogen-bond acceptors (Lipinski definition) is 4. The van der Waals surface area contributed by atoms with Crippen LogP contribution in [0.4, 0.5) is 0 Å². The van der Waals surface area contributed by atoms with Crippen molar-refractivity contribution in [2.24, 2.45) is 5.92 Å². The van der Waals surface area contributed by atoms with Gasteiger partial charge in [-0.2, -0.15) is 0 Å². The molecule has 162 valence electrons. The minimum Gasteiger partial charge on any atom is -0.484 e. The summed E-state index contributed by atoms with van der Waals surface area (Å²) in [6.45, 7) is 5.93. The average molecular weight is 431 g/mol. The molecule has 0 saturated carbocycles. The molecule has 0 radical (unpaired) electrons. The van der Waals surface area contributed by atoms with Gasteiger partial charge >= 0.3 is 0 Å². The Kier molecular flexibility index (Phi) is 7.15. The highest BCUT2D eigenvalue weighted by Gasteiger charge is 2.22. The number of carbonyl (C=O) groups excluding carboxylic acids is 1. The van der Waals surface area contributed by atoms with E-state index in [1.807, 2.05) is 26.0 Å². The van der Waals surface area contributed by atoms with Crippen LogP contribution < -0.4 is 14.8 Å². The summed E-state index contributed by atoms with van der Waals surface area (Å²) in [6.07, 6.45) is 3.00. The van der Waals surface area contributed by atoms with Gasteiger partial charge < -0.3 is 10.1 Å². The van der Waals surface area contributed by atoms with Crippen molar-refractivity contribution < 1.29 is 17.9 Å². The maximum atomic E-state index is 12.4. The Morgan fingerprint density at radius 3 is 2.70 bits per heavy atom. The van der Waals surface area contributed by atoms with Crippen LogP contribution in [-0.4, -0.2) is 27.5 Å². The molecule has 1 atom stereocenters. The zero-order chi connectivity index (χ0) is 21.7. The number of sulfonamides is 1. The van der Waals surface area contributed by atoms with E-state index in [1.54, 1.807) is 19.1 Å². The van der Waals surface area contributed by atoms with Gasteiger partial charge in [-0.3, -0.25) is 4.79 Å². The van der Waals surface area contributed by atoms with Crippen LogP contribution in [0, 0.1) is 12.8 Å². The molecule has 0 spiro atoms. The number of nitrogens with one attached hydrogen (secondary N) is 2. The van der Waals surface area contributed by atoms with E-state index in [2.05, 4.69) is 22.2 Å². The fraction of sp³-hybridized carbons (Fsp3) is 0.435. The number of hydrogen-bond donors (Lipinski definition) is 2. The predicted molar refractivity (Wildman–Crippen MR) is 117 cm³/mol. The van der Waals surface area contributed by atoms with Crippen LogP contribution >= 0.6 is 0 Å². The molecular weight excluding hydrogens is 400 g/mol. The number of amides is 1. The Hall–Kier alpha value is -2.38. The van der Waals surface area contributed by atoms with Gasteiger partial charge in [0.25, 0.3) is 5.91 Å². The highest BCUT2D eigenvalue weighted by atomic mass is 32.2. The first-order valence-corrected chi connectivity index (χ1v) is 11.8. The molecule has 2 N–H and O–H groups in total. The number of carbonyl (C=O) groups is 1. The first-order valence-electron chi connectivity index (χ1n) is 10.4. The Morgan fingerprint density at radius 2 is 1.97 bits per heavy atom. The zero-order valence-electron chi connectivity index (χ0n) is 17.8. The second-order valence-corrected chi connectivity index (χ2v) is 9.94. The molecule has 6 nitrogen and oxygen atoms in total. The van der Waals surface area contributed by atoms with Crippen LogP contribution in [0.3, 0.4) is 0 Å². The van der Waals surface area contributed by atoms with Crippen LogP contribution in [0.5, 0.6) is 5.75 Å². The minimum atomic E-state index is -3.56. The fourth-order valence-corrected chi connectivity index (χ4v) is 4.89. The fourth-order valence-electron chi connectivity index (χ4n) is 3.59. The molecule has 2 aromatic rings. The Bertz CT molecular complexity index is 1000. The van der Waals surface area contributed by atoms with Gasteiger partial charge in [-0.15, -0.1) is 0 Å². The average Bonchev–Trinajstić information content (AvgIpc) is 2.71. The van der Waals surface area contributed by atoms with Gasteiger partial charge in [0.15, 0.2) is 6.61 Å². The third kappa shape index (κ3) is 5.61. The van der Waals surface area contributed by atoms with Crippen molar-refractivity contribution in [2.45, 2.75) is 51.0 Å². The van der Waals surface area contributed by atoms with Crippen molar-refractivity contribution in [1.82, 2.24) is 10.0 Å². The van der Waals surface area contributed by atoms with Gasteiger partial charge in [0.1, 0.15) is 5.75 Å². The van der Waals surface area contributed by atoms with Crippen molar-refractivity contribution in [3.63, 3.8) is 0 Å². The van der Waals surface area contributed by atoms with Crippen molar-refractivity contribution in [3.8, 4) is 5.75 Å². The topological polar surface area (TPSA) is 84.5 Å². The van der Waals surface area contributed by atoms with E-state index in [4.69, 9.17) is 4.74 Å². The molecule has 30 heavy (non-hydrogen) atoms. The van der Waals surface area contributed by atoms with Crippen molar-refractivity contribution in [1.29, 1.82) is 0 Å². The summed E-state index contributed by atoms with van der Waals surface area (Å²) in [6, 6.07) is 12.9. The van der Waals surface area contributed by atoms with Crippen LogP contribution in [0.25, 0.3) is 0 Å². The monoisotopic (exact) mass is 430 g/mol. The summed E-state index contributed by atoms with van der Waals surface area (Å²) in [5.41, 5.74) is 3.13. The highest BCUT2D eigenvalue weighted by molar-refractivity contribution is 7.89. The molecule has 0 fully saturated rings. The minimum absolute atomic E-state index is 0.00620. The van der Waals surface area contributed by atoms with E-state index in [1.165, 1.54) is 17.2 Å². The summed E-state index contributed by atoms with van der Waals surface area (Å²) in [5, 5.41) is 3.06. The third-order valence-corrected chi connectivity index (χ3v) is 6.62. The quantitative estimate of drug-likeness (QED) is 0.671. The summed E-state index contributed by atoms with van der Waals surface area (Å²) in [4.78, 5) is 12.6. The predicted octanol–water partition coefficient (Wildman–Crippen LogP) is 3.50. The lowest BCUT2D eigenvalue weighted by molar-refractivity contribution is -0.124. The lowest BCUT2D eigenvalue weighted by Gasteiger charge is -2.26. The van der Waals surface area contributed by atoms with Crippen LogP contribution in [0.2, 0.25) is 0 Å². The smallest absolute Gasteiger partial charge is 0.258 e. The molecule has 0 heterocycles. The SMILES string of the molecule is Cc1cc(S(=O)(=O)NCC(C)C)ccc1OCC(=O)N[C@H]1CCCc2ccccc21. The van der Waals surface area contributed by atoms with Crippen LogP contribution in [0.1, 0.15) is 49.4 Å². The van der Waals surface area contributed by atoms with E-state index in [-0.39, 0.29) is 29.4 Å². The molecule has 0 aromatic heterocycles. The lowest BCUT2D eigenvalue weighted by atomic mass is 9.88. The summed E-state index contributed by atoms with van der Waals surface area (Å²) in [7, 11) is -3.56. The molecule has 2 aromatic carbocycles. The standard InChI is InChI=1S/C23H30N2O4S/c1-16(2)14-24-30(27,28)19-11-12-22(17(3)13-19)29-15-23(26)25-21-10-6-8-18-7-4-5-9-20(18)21/h4-5,7,9,11-13,16,21,24H,6,8,10,14-15H2,1-3H3,(H,25,26)/t21-/m0/s1. The first kappa shape index (κ1) is 22.3. The van der Waals surface area contributed by atoms with Crippen molar-refractivity contribution >= 4 is 15.9 Å². The first-order chi connectivity index (χ1) is 14.3. The zero-order valence-corrected chi connectivity index (χ0v) is 18.6. The number of aryl methyl sites for hydroxylation is 2. The molecule has 0 saturated heterocycles. The largest absolute Gasteiger partial charge is 0.484 e. The summed E-state index contributed by atoms with van der Waals surface area (Å²) >= 11 is 0. The number of benzene rings is 2. The number of ether oxygens (including phenoxy) is 1. The summed E-state index contributed by atoms with van der Waals surface area (Å²) < 4.78 is 33.0. The van der Waals surface area contributed by atoms with E-state index < -0.39 is 10.0 Å². The maximum Gasteiger partial charge on any atom is 0.258 e. The molecule has 7 heteroatoms. The Labute approximate surface area is 179 Å². The Morgan fingerprint density at radius 1 is 1.20 bits per heavy atom. The van der Waals surface area contributed by atoms with E-state index in [0.29, 0.717) is 17.9 Å². The van der Waals surface area contributed by atoms with Crippen molar-refractivity contribution in [2.75, 3.05) is 13.2 Å². The molecular formula is C23H30N2O4S. The van der Waals surface area contributed by atoms with E-state index in [0.717, 1.165) is 19.3 Å². The van der Waals surface area contributed by atoms with E-state index in [9.17, 15) is 13.2 Å². The van der Waals surface area contributed by atoms with E-state index >= 15 is 0 Å². The summed E-state index contributed by atoms with van der Waals surface area (Å²) in [5.74, 6) is 0.529. The molecule has 3 rings (SSSR count). The highest BCUT2D eigenvalue weighted by Crippen LogP contribution is 2.29. The third-order valence-electron chi connectivity index (χ3n) is 5.20. The molecule has 0 aliphatic heterocycles. The van der Waals surface area contributed by atoms with Gasteiger partial charge in [-0.25, -0.2) is 13.1 Å².